The maximum absolute atomic E-state index is 11.8. The predicted molar refractivity (Wildman–Crippen MR) is 97.0 cm³/mol. The first kappa shape index (κ1) is 23.2. The van der Waals surface area contributed by atoms with Gasteiger partial charge in [-0.2, -0.15) is 0 Å². The van der Waals surface area contributed by atoms with Crippen LogP contribution in [0.5, 0.6) is 0 Å². The number of nitro groups is 1. The molecule has 142 valence electrons. The van der Waals surface area contributed by atoms with Crippen molar-refractivity contribution >= 4 is 30.2 Å². The normalized spacial score (nSPS) is 11.1. The van der Waals surface area contributed by atoms with Crippen LogP contribution in [-0.2, 0) is 14.3 Å². The highest BCUT2D eigenvalue weighted by molar-refractivity contribution is 5.85. The number of rotatable bonds is 4. The molecule has 1 aromatic carbocycles. The lowest BCUT2D eigenvalue weighted by molar-refractivity contribution is -0.384. The van der Waals surface area contributed by atoms with Crippen LogP contribution < -0.4 is 5.32 Å². The topological polar surface area (TPSA) is 108 Å². The summed E-state index contributed by atoms with van der Waals surface area (Å²) in [5, 5.41) is 13.0. The number of hydrogen-bond acceptors (Lipinski definition) is 6. The van der Waals surface area contributed by atoms with Crippen LogP contribution in [0.4, 0.5) is 10.5 Å². The molecule has 0 bridgehead atoms. The van der Waals surface area contributed by atoms with Gasteiger partial charge in [-0.15, -0.1) is 12.4 Å². The van der Waals surface area contributed by atoms with Crippen LogP contribution in [0.1, 0.15) is 32.8 Å². The van der Waals surface area contributed by atoms with E-state index in [4.69, 9.17) is 4.74 Å². The average molecular weight is 385 g/mol. The molecule has 0 aliphatic carbocycles. The summed E-state index contributed by atoms with van der Waals surface area (Å²) in [4.78, 5) is 33.6. The van der Waals surface area contributed by atoms with Crippen molar-refractivity contribution in [2.24, 2.45) is 0 Å². The number of carbonyl (C=O) groups excluding carboxylic acids is 2. The van der Waals surface area contributed by atoms with Gasteiger partial charge in [-0.1, -0.05) is 11.8 Å². The number of esters is 1. The van der Waals surface area contributed by atoms with Gasteiger partial charge >= 0.3 is 12.1 Å². The number of nitrogens with one attached hydrogen (secondary N) is 1. The van der Waals surface area contributed by atoms with E-state index in [0.717, 1.165) is 0 Å². The Labute approximate surface area is 157 Å². The molecule has 0 saturated heterocycles. The monoisotopic (exact) mass is 384 g/mol. The number of non-ortho nitro benzene ring substituents is 1. The second kappa shape index (κ2) is 10.3. The molecule has 1 amide bonds. The van der Waals surface area contributed by atoms with Gasteiger partial charge in [0, 0.05) is 24.1 Å². The van der Waals surface area contributed by atoms with Crippen molar-refractivity contribution in [1.29, 1.82) is 0 Å². The summed E-state index contributed by atoms with van der Waals surface area (Å²) in [6.45, 7) is 5.11. The SMILES string of the molecule is COC(=O)[C@H](CC#Cc1ccc([N+](=O)[O-])cc1)NC(=O)OC(C)(C)C.Cl. The Morgan fingerprint density at radius 1 is 1.27 bits per heavy atom. The van der Waals surface area contributed by atoms with Crippen molar-refractivity contribution < 1.29 is 24.0 Å². The van der Waals surface area contributed by atoms with E-state index < -0.39 is 28.6 Å². The number of nitro benzene ring substituents is 1. The van der Waals surface area contributed by atoms with Crippen LogP contribution in [0.3, 0.4) is 0 Å². The van der Waals surface area contributed by atoms with Gasteiger partial charge in [0.1, 0.15) is 11.6 Å². The van der Waals surface area contributed by atoms with Gasteiger partial charge in [-0.3, -0.25) is 10.1 Å². The zero-order valence-corrected chi connectivity index (χ0v) is 15.7. The van der Waals surface area contributed by atoms with Crippen molar-refractivity contribution in [1.82, 2.24) is 5.32 Å². The lowest BCUT2D eigenvalue weighted by Gasteiger charge is -2.21. The molecule has 1 rings (SSSR count). The van der Waals surface area contributed by atoms with E-state index in [1.54, 1.807) is 20.8 Å². The highest BCUT2D eigenvalue weighted by atomic mass is 35.5. The Bertz CT molecular complexity index is 701. The third-order valence-electron chi connectivity index (χ3n) is 2.79. The van der Waals surface area contributed by atoms with E-state index in [-0.39, 0.29) is 24.5 Å². The largest absolute Gasteiger partial charge is 0.467 e. The summed E-state index contributed by atoms with van der Waals surface area (Å²) >= 11 is 0. The summed E-state index contributed by atoms with van der Waals surface area (Å²) < 4.78 is 9.73. The summed E-state index contributed by atoms with van der Waals surface area (Å²) in [6.07, 6.45) is -0.747. The number of carbonyl (C=O) groups is 2. The second-order valence-electron chi connectivity index (χ2n) is 6.03. The summed E-state index contributed by atoms with van der Waals surface area (Å²) in [5.41, 5.74) is -0.189. The van der Waals surface area contributed by atoms with E-state index >= 15 is 0 Å². The Morgan fingerprint density at radius 2 is 1.85 bits per heavy atom. The van der Waals surface area contributed by atoms with Gasteiger partial charge in [-0.05, 0) is 32.9 Å². The number of nitrogens with zero attached hydrogens (tertiary/aromatic N) is 1. The third kappa shape index (κ3) is 8.35. The van der Waals surface area contributed by atoms with Crippen molar-refractivity contribution in [2.75, 3.05) is 7.11 Å². The van der Waals surface area contributed by atoms with E-state index in [9.17, 15) is 19.7 Å². The van der Waals surface area contributed by atoms with Crippen molar-refractivity contribution in [3.63, 3.8) is 0 Å². The Kier molecular flexibility index (Phi) is 9.16. The fourth-order valence-electron chi connectivity index (χ4n) is 1.71. The van der Waals surface area contributed by atoms with Crippen LogP contribution >= 0.6 is 12.4 Å². The van der Waals surface area contributed by atoms with Crippen LogP contribution in [0, 0.1) is 22.0 Å². The molecule has 0 spiro atoms. The van der Waals surface area contributed by atoms with Gasteiger partial charge in [0.05, 0.1) is 12.0 Å². The molecule has 26 heavy (non-hydrogen) atoms. The van der Waals surface area contributed by atoms with Crippen LogP contribution in [-0.4, -0.2) is 35.7 Å². The molecule has 1 atom stereocenters. The van der Waals surface area contributed by atoms with Gasteiger partial charge < -0.3 is 14.8 Å². The molecule has 0 heterocycles. The number of hydrogen-bond donors (Lipinski definition) is 1. The van der Waals surface area contributed by atoms with Crippen LogP contribution in [0.25, 0.3) is 0 Å². The van der Waals surface area contributed by atoms with Crippen LogP contribution in [0.2, 0.25) is 0 Å². The minimum Gasteiger partial charge on any atom is -0.467 e. The molecule has 0 fully saturated rings. The number of alkyl carbamates (subject to hydrolysis) is 1. The molecule has 0 radical (unpaired) electrons. The molecule has 0 aliphatic rings. The van der Waals surface area contributed by atoms with Gasteiger partial charge in [0.2, 0.25) is 0 Å². The molecule has 9 heteroatoms. The summed E-state index contributed by atoms with van der Waals surface area (Å²) in [6, 6.07) is 4.69. The van der Waals surface area contributed by atoms with E-state index in [0.29, 0.717) is 5.56 Å². The molecule has 1 aromatic rings. The van der Waals surface area contributed by atoms with Gasteiger partial charge in [-0.25, -0.2) is 9.59 Å². The minimum atomic E-state index is -0.981. The number of amides is 1. The Hall–Kier alpha value is -2.79. The molecule has 8 nitrogen and oxygen atoms in total. The Morgan fingerprint density at radius 3 is 2.31 bits per heavy atom. The van der Waals surface area contributed by atoms with E-state index in [1.165, 1.54) is 31.4 Å². The molecular formula is C17H21ClN2O6. The second-order valence-corrected chi connectivity index (χ2v) is 6.03. The first-order valence-corrected chi connectivity index (χ1v) is 7.43. The lowest BCUT2D eigenvalue weighted by atomic mass is 10.1. The van der Waals surface area contributed by atoms with Gasteiger partial charge in [0.25, 0.3) is 5.69 Å². The maximum Gasteiger partial charge on any atom is 0.408 e. The number of halogens is 1. The zero-order valence-electron chi connectivity index (χ0n) is 14.9. The highest BCUT2D eigenvalue weighted by Gasteiger charge is 2.24. The highest BCUT2D eigenvalue weighted by Crippen LogP contribution is 2.11. The third-order valence-corrected chi connectivity index (χ3v) is 2.79. The smallest absolute Gasteiger partial charge is 0.408 e. The minimum absolute atomic E-state index is 0. The Balaban J connectivity index is 0.00000625. The number of benzene rings is 1. The van der Waals surface area contributed by atoms with E-state index in [2.05, 4.69) is 21.9 Å². The molecular weight excluding hydrogens is 364 g/mol. The first-order chi connectivity index (χ1) is 11.6. The van der Waals surface area contributed by atoms with Crippen LogP contribution in [0.15, 0.2) is 24.3 Å². The lowest BCUT2D eigenvalue weighted by Crippen LogP contribution is -2.43. The van der Waals surface area contributed by atoms with Crippen molar-refractivity contribution in [3.8, 4) is 11.8 Å². The van der Waals surface area contributed by atoms with E-state index in [1.807, 2.05) is 0 Å². The fourth-order valence-corrected chi connectivity index (χ4v) is 1.71. The van der Waals surface area contributed by atoms with Crippen molar-refractivity contribution in [3.05, 3.63) is 39.9 Å². The first-order valence-electron chi connectivity index (χ1n) is 7.43. The molecule has 1 N–H and O–H groups in total. The quantitative estimate of drug-likeness (QED) is 0.370. The average Bonchev–Trinajstić information content (AvgIpc) is 2.51. The zero-order chi connectivity index (χ0) is 19.0. The van der Waals surface area contributed by atoms with Gasteiger partial charge in [0.15, 0.2) is 0 Å². The maximum atomic E-state index is 11.8. The molecule has 0 aliphatic heterocycles. The fraction of sp³-hybridized carbons (Fsp3) is 0.412. The summed E-state index contributed by atoms with van der Waals surface area (Å²) in [5.74, 6) is 4.86. The summed E-state index contributed by atoms with van der Waals surface area (Å²) in [7, 11) is 1.20. The molecule has 0 aromatic heterocycles. The molecule has 0 saturated carbocycles. The predicted octanol–water partition coefficient (Wildman–Crippen LogP) is 2.82. The number of ether oxygens (including phenoxy) is 2. The number of methoxy groups -OCH3 is 1. The molecule has 0 unspecified atom stereocenters. The van der Waals surface area contributed by atoms with Crippen molar-refractivity contribution in [2.45, 2.75) is 38.8 Å². The standard InChI is InChI=1S/C17H20N2O6.ClH/c1-17(2,3)25-16(21)18-14(15(20)24-4)7-5-6-12-8-10-13(11-9-12)19(22)23;/h8-11,14H,7H2,1-4H3,(H,18,21);1H/t14-;/m0./s1.